The average molecular weight is 228 g/mol. The number of carbonyl (C=O) groups is 1. The van der Waals surface area contributed by atoms with Gasteiger partial charge in [0.25, 0.3) is 0 Å². The molecule has 94 valence electrons. The normalized spacial score (nSPS) is 27.1. The van der Waals surface area contributed by atoms with Crippen molar-refractivity contribution in [3.05, 3.63) is 0 Å². The van der Waals surface area contributed by atoms with Gasteiger partial charge in [-0.15, -0.1) is 0 Å². The number of nitrogens with zero attached hydrogens (tertiary/aromatic N) is 1. The molecule has 0 saturated carbocycles. The van der Waals surface area contributed by atoms with Crippen molar-refractivity contribution in [2.45, 2.75) is 33.3 Å². The zero-order valence-corrected chi connectivity index (χ0v) is 10.6. The Hall–Kier alpha value is -0.610. The molecule has 0 aromatic carbocycles. The van der Waals surface area contributed by atoms with E-state index >= 15 is 0 Å². The summed E-state index contributed by atoms with van der Waals surface area (Å²) in [6.45, 7) is 8.88. The molecular weight excluding hydrogens is 204 g/mol. The molecule has 1 rings (SSSR count). The maximum atomic E-state index is 11.6. The molecule has 4 nitrogen and oxygen atoms in total. The number of carbonyl (C=O) groups excluding carboxylic acids is 1. The van der Waals surface area contributed by atoms with E-state index in [-0.39, 0.29) is 12.0 Å². The lowest BCUT2D eigenvalue weighted by Crippen LogP contribution is -2.47. The average Bonchev–Trinajstić information content (AvgIpc) is 2.21. The number of hydrogen-bond donors (Lipinski definition) is 2. The lowest BCUT2D eigenvalue weighted by Gasteiger charge is -2.33. The fourth-order valence-corrected chi connectivity index (χ4v) is 1.83. The summed E-state index contributed by atoms with van der Waals surface area (Å²) in [6, 6.07) is 0. The van der Waals surface area contributed by atoms with Crippen molar-refractivity contribution in [3.63, 3.8) is 0 Å². The largest absolute Gasteiger partial charge is 0.392 e. The van der Waals surface area contributed by atoms with Crippen LogP contribution in [-0.2, 0) is 4.79 Å². The highest BCUT2D eigenvalue weighted by atomic mass is 16.3. The molecule has 0 spiro atoms. The summed E-state index contributed by atoms with van der Waals surface area (Å²) >= 11 is 0. The van der Waals surface area contributed by atoms with Gasteiger partial charge in [-0.1, -0.05) is 20.8 Å². The number of hydrogen-bond acceptors (Lipinski definition) is 3. The highest BCUT2D eigenvalue weighted by Crippen LogP contribution is 2.16. The van der Waals surface area contributed by atoms with E-state index in [1.54, 1.807) is 0 Å². The van der Waals surface area contributed by atoms with E-state index in [9.17, 15) is 9.90 Å². The number of nitrogens with one attached hydrogen (secondary N) is 1. The number of β-amino-alcohol motifs (C(OH)–C–C–N with tert-alkyl or cyclic N) is 1. The molecule has 0 aromatic heterocycles. The van der Waals surface area contributed by atoms with Gasteiger partial charge in [-0.2, -0.15) is 0 Å². The van der Waals surface area contributed by atoms with Gasteiger partial charge in [-0.3, -0.25) is 9.69 Å². The number of aliphatic hydroxyl groups is 1. The minimum Gasteiger partial charge on any atom is -0.392 e. The quantitative estimate of drug-likeness (QED) is 0.735. The van der Waals surface area contributed by atoms with Crippen molar-refractivity contribution in [2.24, 2.45) is 11.8 Å². The van der Waals surface area contributed by atoms with Gasteiger partial charge in [0.2, 0.25) is 5.91 Å². The predicted octanol–water partition coefficient (Wildman–Crippen LogP) is 0.461. The van der Waals surface area contributed by atoms with E-state index in [1.165, 1.54) is 0 Å². The van der Waals surface area contributed by atoms with Crippen LogP contribution in [0, 0.1) is 11.8 Å². The zero-order valence-electron chi connectivity index (χ0n) is 10.6. The van der Waals surface area contributed by atoms with Crippen molar-refractivity contribution in [1.82, 2.24) is 10.2 Å². The number of piperidine rings is 1. The molecule has 1 aliphatic heterocycles. The third-order valence-corrected chi connectivity index (χ3v) is 3.08. The Bertz CT molecular complexity index is 231. The molecule has 2 unspecified atom stereocenters. The number of amides is 1. The lowest BCUT2D eigenvalue weighted by atomic mass is 9.96. The predicted molar refractivity (Wildman–Crippen MR) is 64.1 cm³/mol. The van der Waals surface area contributed by atoms with Gasteiger partial charge in [-0.05, 0) is 24.8 Å². The van der Waals surface area contributed by atoms with E-state index in [1.807, 2.05) is 4.90 Å². The van der Waals surface area contributed by atoms with Gasteiger partial charge in [0.1, 0.15) is 0 Å². The van der Waals surface area contributed by atoms with Crippen LogP contribution in [0.25, 0.3) is 0 Å². The first-order valence-electron chi connectivity index (χ1n) is 6.16. The van der Waals surface area contributed by atoms with Crippen molar-refractivity contribution in [1.29, 1.82) is 0 Å². The Morgan fingerprint density at radius 3 is 2.81 bits per heavy atom. The molecule has 1 amide bonds. The van der Waals surface area contributed by atoms with Crippen LogP contribution in [0.5, 0.6) is 0 Å². The van der Waals surface area contributed by atoms with Crippen LogP contribution in [0.4, 0.5) is 0 Å². The van der Waals surface area contributed by atoms with Gasteiger partial charge in [-0.25, -0.2) is 0 Å². The van der Waals surface area contributed by atoms with Gasteiger partial charge in [0.05, 0.1) is 12.6 Å². The van der Waals surface area contributed by atoms with Crippen LogP contribution in [0.2, 0.25) is 0 Å². The smallest absolute Gasteiger partial charge is 0.234 e. The van der Waals surface area contributed by atoms with Crippen LogP contribution >= 0.6 is 0 Å². The van der Waals surface area contributed by atoms with E-state index in [4.69, 9.17) is 0 Å². The van der Waals surface area contributed by atoms with Crippen LogP contribution < -0.4 is 5.32 Å². The molecule has 2 atom stereocenters. The summed E-state index contributed by atoms with van der Waals surface area (Å²) in [5.74, 6) is 0.904. The second kappa shape index (κ2) is 6.21. The van der Waals surface area contributed by atoms with E-state index in [0.717, 1.165) is 19.5 Å². The summed E-state index contributed by atoms with van der Waals surface area (Å²) in [6.07, 6.45) is 0.685. The molecule has 1 saturated heterocycles. The molecule has 16 heavy (non-hydrogen) atoms. The SMILES string of the molecule is CC(C)CNC(=O)CN1CCC(C)C(O)C1. The molecule has 4 heteroatoms. The summed E-state index contributed by atoms with van der Waals surface area (Å²) in [7, 11) is 0. The number of likely N-dealkylation sites (tertiary alicyclic amines) is 1. The van der Waals surface area contributed by atoms with Crippen LogP contribution in [0.15, 0.2) is 0 Å². The van der Waals surface area contributed by atoms with Crippen LogP contribution in [0.1, 0.15) is 27.2 Å². The second-order valence-corrected chi connectivity index (χ2v) is 5.27. The monoisotopic (exact) mass is 228 g/mol. The van der Waals surface area contributed by atoms with E-state index in [0.29, 0.717) is 24.9 Å². The van der Waals surface area contributed by atoms with Crippen LogP contribution in [-0.4, -0.2) is 48.2 Å². The Labute approximate surface area is 98.0 Å². The summed E-state index contributed by atoms with van der Waals surface area (Å²) in [5.41, 5.74) is 0. The standard InChI is InChI=1S/C12H24N2O2/c1-9(2)6-13-12(16)8-14-5-4-10(3)11(15)7-14/h9-11,15H,4-8H2,1-3H3,(H,13,16). The molecular formula is C12H24N2O2. The van der Waals surface area contributed by atoms with Gasteiger partial charge in [0.15, 0.2) is 0 Å². The van der Waals surface area contributed by atoms with Crippen molar-refractivity contribution >= 4 is 5.91 Å². The fourth-order valence-electron chi connectivity index (χ4n) is 1.83. The number of aliphatic hydroxyl groups excluding tert-OH is 1. The highest BCUT2D eigenvalue weighted by molar-refractivity contribution is 5.78. The minimum atomic E-state index is -0.286. The third-order valence-electron chi connectivity index (χ3n) is 3.08. The maximum Gasteiger partial charge on any atom is 0.234 e. The van der Waals surface area contributed by atoms with E-state index < -0.39 is 0 Å². The van der Waals surface area contributed by atoms with Gasteiger partial charge >= 0.3 is 0 Å². The van der Waals surface area contributed by atoms with Gasteiger partial charge in [0, 0.05) is 13.1 Å². The molecule has 1 aliphatic rings. The third kappa shape index (κ3) is 4.49. The fraction of sp³-hybridized carbons (Fsp3) is 0.917. The van der Waals surface area contributed by atoms with E-state index in [2.05, 4.69) is 26.1 Å². The summed E-state index contributed by atoms with van der Waals surface area (Å²) < 4.78 is 0. The Morgan fingerprint density at radius 2 is 2.25 bits per heavy atom. The first kappa shape index (κ1) is 13.5. The molecule has 0 aromatic rings. The lowest BCUT2D eigenvalue weighted by molar-refractivity contribution is -0.123. The Kier molecular flexibility index (Phi) is 5.22. The van der Waals surface area contributed by atoms with Crippen molar-refractivity contribution < 1.29 is 9.90 Å². The Morgan fingerprint density at radius 1 is 1.56 bits per heavy atom. The summed E-state index contributed by atoms with van der Waals surface area (Å²) in [4.78, 5) is 13.6. The molecule has 0 aliphatic carbocycles. The first-order chi connectivity index (χ1) is 7.49. The molecule has 2 N–H and O–H groups in total. The van der Waals surface area contributed by atoms with Crippen molar-refractivity contribution in [3.8, 4) is 0 Å². The topological polar surface area (TPSA) is 52.6 Å². The number of rotatable bonds is 4. The van der Waals surface area contributed by atoms with Crippen LogP contribution in [0.3, 0.4) is 0 Å². The summed E-state index contributed by atoms with van der Waals surface area (Å²) in [5, 5.41) is 12.6. The Balaban J connectivity index is 2.24. The highest BCUT2D eigenvalue weighted by Gasteiger charge is 2.25. The maximum absolute atomic E-state index is 11.6. The first-order valence-corrected chi connectivity index (χ1v) is 6.16. The van der Waals surface area contributed by atoms with Crippen molar-refractivity contribution in [2.75, 3.05) is 26.2 Å². The molecule has 0 bridgehead atoms. The second-order valence-electron chi connectivity index (χ2n) is 5.27. The molecule has 1 fully saturated rings. The molecule has 1 heterocycles. The molecule has 0 radical (unpaired) electrons. The van der Waals surface area contributed by atoms with Gasteiger partial charge < -0.3 is 10.4 Å². The zero-order chi connectivity index (χ0) is 12.1. The minimum absolute atomic E-state index is 0.0652.